The van der Waals surface area contributed by atoms with Crippen LogP contribution in [-0.4, -0.2) is 16.5 Å². The fourth-order valence-electron chi connectivity index (χ4n) is 2.19. The molecule has 0 spiro atoms. The van der Waals surface area contributed by atoms with Crippen molar-refractivity contribution < 1.29 is 0 Å². The Morgan fingerprint density at radius 1 is 1.24 bits per heavy atom. The molecule has 0 amide bonds. The number of aromatic nitrogens is 2. The van der Waals surface area contributed by atoms with Crippen LogP contribution in [0.3, 0.4) is 0 Å². The average Bonchev–Trinajstić information content (AvgIpc) is 2.39. The molecule has 3 heterocycles. The largest absolute Gasteiger partial charge is 0.384 e. The van der Waals surface area contributed by atoms with Crippen LogP contribution in [0, 0.1) is 0 Å². The molecule has 4 nitrogen and oxygen atoms in total. The Bertz CT molecular complexity index is 524. The van der Waals surface area contributed by atoms with Crippen LogP contribution >= 0.6 is 0 Å². The van der Waals surface area contributed by atoms with E-state index in [1.807, 2.05) is 18.3 Å². The molecule has 0 radical (unpaired) electrons. The molecule has 2 N–H and O–H groups in total. The van der Waals surface area contributed by atoms with Crippen molar-refractivity contribution in [2.45, 2.75) is 13.0 Å². The van der Waals surface area contributed by atoms with Crippen LogP contribution in [0.1, 0.15) is 11.3 Å². The van der Waals surface area contributed by atoms with E-state index in [4.69, 9.17) is 5.73 Å². The quantitative estimate of drug-likeness (QED) is 0.802. The first-order valence-corrected chi connectivity index (χ1v) is 5.72. The summed E-state index contributed by atoms with van der Waals surface area (Å²) in [5, 5.41) is 0. The van der Waals surface area contributed by atoms with E-state index in [0.717, 1.165) is 30.9 Å². The topological polar surface area (TPSA) is 55.0 Å². The molecule has 3 rings (SSSR count). The van der Waals surface area contributed by atoms with E-state index < -0.39 is 0 Å². The van der Waals surface area contributed by atoms with E-state index in [1.165, 1.54) is 5.56 Å². The van der Waals surface area contributed by atoms with Crippen LogP contribution in [0.2, 0.25) is 0 Å². The highest BCUT2D eigenvalue weighted by Crippen LogP contribution is 2.23. The monoisotopic (exact) mass is 226 g/mol. The molecule has 1 aliphatic rings. The standard InChI is InChI=1S/C13H14N4/c14-13-4-3-10-5-7-17(9-12(10)16-13)11-2-1-6-15-8-11/h1-4,6,8H,5,7,9H2,(H2,14,16). The van der Waals surface area contributed by atoms with E-state index in [0.29, 0.717) is 5.82 Å². The lowest BCUT2D eigenvalue weighted by Gasteiger charge is -2.29. The van der Waals surface area contributed by atoms with E-state index in [-0.39, 0.29) is 0 Å². The van der Waals surface area contributed by atoms with E-state index in [9.17, 15) is 0 Å². The maximum atomic E-state index is 5.72. The number of nitrogen functional groups attached to an aromatic ring is 1. The maximum absolute atomic E-state index is 5.72. The Hall–Kier alpha value is -2.10. The maximum Gasteiger partial charge on any atom is 0.123 e. The number of hydrogen-bond donors (Lipinski definition) is 1. The molecule has 0 fully saturated rings. The highest BCUT2D eigenvalue weighted by atomic mass is 15.1. The van der Waals surface area contributed by atoms with Crippen molar-refractivity contribution in [3.05, 3.63) is 47.9 Å². The summed E-state index contributed by atoms with van der Waals surface area (Å²) >= 11 is 0. The van der Waals surface area contributed by atoms with Crippen LogP contribution < -0.4 is 10.6 Å². The second-order valence-electron chi connectivity index (χ2n) is 4.22. The third kappa shape index (κ3) is 1.93. The minimum atomic E-state index is 0.594. The third-order valence-electron chi connectivity index (χ3n) is 3.09. The van der Waals surface area contributed by atoms with Gasteiger partial charge >= 0.3 is 0 Å². The molecular weight excluding hydrogens is 212 g/mol. The molecule has 0 saturated heterocycles. The number of anilines is 2. The molecule has 17 heavy (non-hydrogen) atoms. The first kappa shape index (κ1) is 10.1. The normalized spacial score (nSPS) is 14.5. The SMILES string of the molecule is Nc1ccc2c(n1)CN(c1cccnc1)CC2. The van der Waals surface area contributed by atoms with Gasteiger partial charge in [0.2, 0.25) is 0 Å². The van der Waals surface area contributed by atoms with Gasteiger partial charge in [0.15, 0.2) is 0 Å². The minimum absolute atomic E-state index is 0.594. The Morgan fingerprint density at radius 2 is 2.18 bits per heavy atom. The first-order chi connectivity index (χ1) is 8.33. The van der Waals surface area contributed by atoms with Gasteiger partial charge in [0.25, 0.3) is 0 Å². The van der Waals surface area contributed by atoms with Gasteiger partial charge in [0, 0.05) is 12.7 Å². The average molecular weight is 226 g/mol. The van der Waals surface area contributed by atoms with Gasteiger partial charge in [-0.1, -0.05) is 6.07 Å². The van der Waals surface area contributed by atoms with Gasteiger partial charge in [-0.2, -0.15) is 0 Å². The Kier molecular flexibility index (Phi) is 2.40. The zero-order valence-electron chi connectivity index (χ0n) is 9.50. The van der Waals surface area contributed by atoms with Gasteiger partial charge < -0.3 is 10.6 Å². The van der Waals surface area contributed by atoms with Crippen LogP contribution in [0.5, 0.6) is 0 Å². The summed E-state index contributed by atoms with van der Waals surface area (Å²) in [7, 11) is 0. The van der Waals surface area contributed by atoms with Crippen molar-refractivity contribution in [1.29, 1.82) is 0 Å². The smallest absolute Gasteiger partial charge is 0.123 e. The van der Waals surface area contributed by atoms with Crippen LogP contribution in [0.15, 0.2) is 36.7 Å². The lowest BCUT2D eigenvalue weighted by Crippen LogP contribution is -2.31. The zero-order valence-corrected chi connectivity index (χ0v) is 9.50. The summed E-state index contributed by atoms with van der Waals surface area (Å²) < 4.78 is 0. The summed E-state index contributed by atoms with van der Waals surface area (Å²) in [6.45, 7) is 1.82. The van der Waals surface area contributed by atoms with Crippen molar-refractivity contribution >= 4 is 11.5 Å². The molecule has 0 saturated carbocycles. The summed E-state index contributed by atoms with van der Waals surface area (Å²) in [4.78, 5) is 10.8. The van der Waals surface area contributed by atoms with Crippen molar-refractivity contribution in [3.8, 4) is 0 Å². The lowest BCUT2D eigenvalue weighted by atomic mass is 10.0. The molecule has 2 aromatic heterocycles. The van der Waals surface area contributed by atoms with Gasteiger partial charge in [0.05, 0.1) is 24.1 Å². The van der Waals surface area contributed by atoms with Crippen molar-refractivity contribution in [3.63, 3.8) is 0 Å². The fraction of sp³-hybridized carbons (Fsp3) is 0.231. The van der Waals surface area contributed by atoms with Gasteiger partial charge in [-0.05, 0) is 30.2 Å². The highest BCUT2D eigenvalue weighted by Gasteiger charge is 2.17. The highest BCUT2D eigenvalue weighted by molar-refractivity contribution is 5.47. The zero-order chi connectivity index (χ0) is 11.7. The van der Waals surface area contributed by atoms with Crippen LogP contribution in [-0.2, 0) is 13.0 Å². The molecule has 0 atom stereocenters. The predicted octanol–water partition coefficient (Wildman–Crippen LogP) is 1.62. The van der Waals surface area contributed by atoms with Crippen molar-refractivity contribution in [1.82, 2.24) is 9.97 Å². The molecule has 2 aromatic rings. The van der Waals surface area contributed by atoms with Gasteiger partial charge in [-0.15, -0.1) is 0 Å². The van der Waals surface area contributed by atoms with Crippen molar-refractivity contribution in [2.75, 3.05) is 17.2 Å². The van der Waals surface area contributed by atoms with Crippen LogP contribution in [0.4, 0.5) is 11.5 Å². The summed E-state index contributed by atoms with van der Waals surface area (Å²) in [6, 6.07) is 7.98. The first-order valence-electron chi connectivity index (χ1n) is 5.72. The predicted molar refractivity (Wildman–Crippen MR) is 67.6 cm³/mol. The lowest BCUT2D eigenvalue weighted by molar-refractivity contribution is 0.710. The van der Waals surface area contributed by atoms with Gasteiger partial charge in [-0.3, -0.25) is 4.98 Å². The van der Waals surface area contributed by atoms with E-state index >= 15 is 0 Å². The minimum Gasteiger partial charge on any atom is -0.384 e. The second-order valence-corrected chi connectivity index (χ2v) is 4.22. The summed E-state index contributed by atoms with van der Waals surface area (Å²) in [6.07, 6.45) is 4.69. The van der Waals surface area contributed by atoms with Crippen LogP contribution in [0.25, 0.3) is 0 Å². The van der Waals surface area contributed by atoms with Gasteiger partial charge in [-0.25, -0.2) is 4.98 Å². The van der Waals surface area contributed by atoms with Gasteiger partial charge in [0.1, 0.15) is 5.82 Å². The summed E-state index contributed by atoms with van der Waals surface area (Å²) in [5.74, 6) is 0.594. The molecule has 0 aromatic carbocycles. The molecule has 0 bridgehead atoms. The number of fused-ring (bicyclic) bond motifs is 1. The number of hydrogen-bond acceptors (Lipinski definition) is 4. The van der Waals surface area contributed by atoms with E-state index in [1.54, 1.807) is 6.20 Å². The number of nitrogens with zero attached hydrogens (tertiary/aromatic N) is 3. The second kappa shape index (κ2) is 4.05. The molecular formula is C13H14N4. The number of nitrogens with two attached hydrogens (primary N) is 1. The molecule has 0 aliphatic carbocycles. The molecule has 1 aliphatic heterocycles. The molecule has 86 valence electrons. The summed E-state index contributed by atoms with van der Waals surface area (Å²) in [5.41, 5.74) is 9.25. The number of pyridine rings is 2. The Labute approximate surface area is 100 Å². The van der Waals surface area contributed by atoms with E-state index in [2.05, 4.69) is 27.0 Å². The number of rotatable bonds is 1. The third-order valence-corrected chi connectivity index (χ3v) is 3.09. The Balaban J connectivity index is 1.90. The molecule has 0 unspecified atom stereocenters. The Morgan fingerprint density at radius 3 is 3.00 bits per heavy atom. The molecule has 4 heteroatoms. The van der Waals surface area contributed by atoms with Crippen molar-refractivity contribution in [2.24, 2.45) is 0 Å². The fourth-order valence-corrected chi connectivity index (χ4v) is 2.19.